The highest BCUT2D eigenvalue weighted by Crippen LogP contribution is 2.55. The second kappa shape index (κ2) is 5.85. The van der Waals surface area contributed by atoms with E-state index < -0.39 is 33.6 Å². The molecular formula is C15H24N2O4S. The van der Waals surface area contributed by atoms with Crippen molar-refractivity contribution in [3.63, 3.8) is 0 Å². The first-order valence-corrected chi connectivity index (χ1v) is 8.57. The molecule has 0 bridgehead atoms. The number of amides is 1. The lowest BCUT2D eigenvalue weighted by atomic mass is 9.81. The van der Waals surface area contributed by atoms with Crippen LogP contribution in [0.5, 0.6) is 0 Å². The molecule has 1 unspecified atom stereocenters. The molecular weight excluding hydrogens is 304 g/mol. The van der Waals surface area contributed by atoms with Crippen LogP contribution in [-0.4, -0.2) is 55.9 Å². The Morgan fingerprint density at radius 1 is 1.36 bits per heavy atom. The van der Waals surface area contributed by atoms with Gasteiger partial charge in [-0.3, -0.25) is 14.9 Å². The summed E-state index contributed by atoms with van der Waals surface area (Å²) in [6.07, 6.45) is 2.98. The Bertz CT molecular complexity index is 508. The number of carboxylic acids is 1. The zero-order valence-electron chi connectivity index (χ0n) is 13.5. The standard InChI is InChI=1S/C15H24N2O4S/c1-5-6-7-8-16-15(9(2)18)12(21)17-10(11(19)20)14(3,4)22-13(15)17/h10,13,16H,5-8H2,1-4H3,(H,19,20)/t10-,13+,15?/m0/s1. The van der Waals surface area contributed by atoms with E-state index in [1.165, 1.54) is 23.6 Å². The van der Waals surface area contributed by atoms with Crippen LogP contribution in [0.4, 0.5) is 0 Å². The van der Waals surface area contributed by atoms with Crippen LogP contribution in [0.1, 0.15) is 47.0 Å². The molecule has 2 fully saturated rings. The summed E-state index contributed by atoms with van der Waals surface area (Å²) in [4.78, 5) is 37.7. The van der Waals surface area contributed by atoms with E-state index in [0.717, 1.165) is 19.3 Å². The maximum atomic E-state index is 12.6. The molecule has 2 N–H and O–H groups in total. The molecule has 124 valence electrons. The zero-order chi connectivity index (χ0) is 16.7. The minimum absolute atomic E-state index is 0.232. The Hall–Kier alpha value is -1.08. The fraction of sp³-hybridized carbons (Fsp3) is 0.800. The predicted molar refractivity (Wildman–Crippen MR) is 84.7 cm³/mol. The van der Waals surface area contributed by atoms with Crippen LogP contribution in [-0.2, 0) is 14.4 Å². The van der Waals surface area contributed by atoms with Crippen LogP contribution < -0.4 is 5.32 Å². The van der Waals surface area contributed by atoms with Crippen molar-refractivity contribution in [2.75, 3.05) is 6.54 Å². The number of aliphatic carboxylic acids is 1. The predicted octanol–water partition coefficient (Wildman–Crippen LogP) is 1.24. The van der Waals surface area contributed by atoms with E-state index in [9.17, 15) is 19.5 Å². The number of Topliss-reactive ketones (excluding diaryl/α,β-unsaturated/α-hetero) is 1. The molecule has 0 aromatic heterocycles. The van der Waals surface area contributed by atoms with Crippen molar-refractivity contribution in [3.8, 4) is 0 Å². The number of hydrogen-bond acceptors (Lipinski definition) is 5. The third-order valence-corrected chi connectivity index (χ3v) is 6.16. The van der Waals surface area contributed by atoms with Gasteiger partial charge in [0.15, 0.2) is 11.3 Å². The molecule has 2 saturated heterocycles. The van der Waals surface area contributed by atoms with Crippen LogP contribution in [0.2, 0.25) is 0 Å². The minimum atomic E-state index is -1.25. The average Bonchev–Trinajstić information content (AvgIpc) is 2.67. The van der Waals surface area contributed by atoms with E-state index in [1.54, 1.807) is 0 Å². The molecule has 6 nitrogen and oxygen atoms in total. The van der Waals surface area contributed by atoms with Gasteiger partial charge in [0.25, 0.3) is 5.91 Å². The Kier molecular flexibility index (Phi) is 4.59. The van der Waals surface area contributed by atoms with E-state index in [2.05, 4.69) is 12.2 Å². The summed E-state index contributed by atoms with van der Waals surface area (Å²) >= 11 is 1.40. The molecule has 2 rings (SSSR count). The number of nitrogens with one attached hydrogen (secondary N) is 1. The number of nitrogens with zero attached hydrogens (tertiary/aromatic N) is 1. The number of thioether (sulfide) groups is 1. The average molecular weight is 328 g/mol. The van der Waals surface area contributed by atoms with Crippen molar-refractivity contribution in [1.82, 2.24) is 10.2 Å². The molecule has 22 heavy (non-hydrogen) atoms. The lowest BCUT2D eigenvalue weighted by Crippen LogP contribution is -2.81. The number of ketones is 1. The quantitative estimate of drug-likeness (QED) is 0.415. The Balaban J connectivity index is 2.23. The van der Waals surface area contributed by atoms with Crippen LogP contribution in [0.3, 0.4) is 0 Å². The summed E-state index contributed by atoms with van der Waals surface area (Å²) in [6, 6.07) is -0.889. The van der Waals surface area contributed by atoms with E-state index in [1.807, 2.05) is 13.8 Å². The molecule has 0 aromatic carbocycles. The van der Waals surface area contributed by atoms with Gasteiger partial charge < -0.3 is 10.0 Å². The summed E-state index contributed by atoms with van der Waals surface area (Å²) in [5, 5.41) is 12.1. The number of unbranched alkanes of at least 4 members (excludes halogenated alkanes) is 2. The Morgan fingerprint density at radius 3 is 2.50 bits per heavy atom. The maximum absolute atomic E-state index is 12.6. The van der Waals surface area contributed by atoms with Crippen molar-refractivity contribution < 1.29 is 19.5 Å². The number of fused-ring (bicyclic) bond motifs is 1. The Morgan fingerprint density at radius 2 is 2.00 bits per heavy atom. The molecule has 0 aliphatic carbocycles. The van der Waals surface area contributed by atoms with Gasteiger partial charge in [-0.2, -0.15) is 0 Å². The molecule has 7 heteroatoms. The van der Waals surface area contributed by atoms with E-state index in [-0.39, 0.29) is 5.78 Å². The van der Waals surface area contributed by atoms with Crippen molar-refractivity contribution in [2.24, 2.45) is 0 Å². The molecule has 0 saturated carbocycles. The fourth-order valence-corrected chi connectivity index (χ4v) is 5.11. The summed E-state index contributed by atoms with van der Waals surface area (Å²) in [5.41, 5.74) is -1.25. The third kappa shape index (κ3) is 2.34. The number of hydrogen-bond donors (Lipinski definition) is 2. The van der Waals surface area contributed by atoms with Gasteiger partial charge in [0.05, 0.1) is 0 Å². The molecule has 2 aliphatic rings. The monoisotopic (exact) mass is 328 g/mol. The molecule has 0 spiro atoms. The Labute approximate surface area is 135 Å². The molecule has 2 heterocycles. The third-order valence-electron chi connectivity index (χ3n) is 4.52. The van der Waals surface area contributed by atoms with E-state index in [0.29, 0.717) is 6.54 Å². The highest BCUT2D eigenvalue weighted by atomic mass is 32.2. The molecule has 3 atom stereocenters. The zero-order valence-corrected chi connectivity index (χ0v) is 14.3. The largest absolute Gasteiger partial charge is 0.480 e. The van der Waals surface area contributed by atoms with Gasteiger partial charge >= 0.3 is 5.97 Å². The van der Waals surface area contributed by atoms with Crippen LogP contribution in [0, 0.1) is 0 Å². The highest BCUT2D eigenvalue weighted by molar-refractivity contribution is 8.01. The topological polar surface area (TPSA) is 86.7 Å². The van der Waals surface area contributed by atoms with Crippen molar-refractivity contribution >= 4 is 29.4 Å². The second-order valence-electron chi connectivity index (χ2n) is 6.52. The van der Waals surface area contributed by atoms with Crippen LogP contribution in [0.15, 0.2) is 0 Å². The molecule has 0 radical (unpaired) electrons. The van der Waals surface area contributed by atoms with Gasteiger partial charge in [0, 0.05) is 4.75 Å². The van der Waals surface area contributed by atoms with Crippen molar-refractivity contribution in [1.29, 1.82) is 0 Å². The van der Waals surface area contributed by atoms with Gasteiger partial charge in [-0.1, -0.05) is 19.8 Å². The first-order valence-electron chi connectivity index (χ1n) is 7.69. The lowest BCUT2D eigenvalue weighted by Gasteiger charge is -2.52. The molecule has 2 aliphatic heterocycles. The van der Waals surface area contributed by atoms with Crippen molar-refractivity contribution in [2.45, 2.75) is 68.7 Å². The second-order valence-corrected chi connectivity index (χ2v) is 8.26. The van der Waals surface area contributed by atoms with Gasteiger partial charge in [-0.15, -0.1) is 11.8 Å². The molecule has 1 amide bonds. The van der Waals surface area contributed by atoms with Gasteiger partial charge in [-0.25, -0.2) is 4.79 Å². The number of carboxylic acid groups (broad SMARTS) is 1. The maximum Gasteiger partial charge on any atom is 0.327 e. The minimum Gasteiger partial charge on any atom is -0.480 e. The summed E-state index contributed by atoms with van der Waals surface area (Å²) in [6.45, 7) is 7.70. The smallest absolute Gasteiger partial charge is 0.327 e. The van der Waals surface area contributed by atoms with Gasteiger partial charge in [0.2, 0.25) is 0 Å². The van der Waals surface area contributed by atoms with Gasteiger partial charge in [-0.05, 0) is 33.7 Å². The lowest BCUT2D eigenvalue weighted by molar-refractivity contribution is -0.170. The highest BCUT2D eigenvalue weighted by Gasteiger charge is 2.73. The fourth-order valence-electron chi connectivity index (χ4n) is 3.33. The van der Waals surface area contributed by atoms with Gasteiger partial charge in [0.1, 0.15) is 11.4 Å². The summed E-state index contributed by atoms with van der Waals surface area (Å²) in [5.74, 6) is -1.65. The summed E-state index contributed by atoms with van der Waals surface area (Å²) in [7, 11) is 0. The van der Waals surface area contributed by atoms with Crippen molar-refractivity contribution in [3.05, 3.63) is 0 Å². The number of rotatable bonds is 7. The number of carbonyl (C=O) groups is 3. The summed E-state index contributed by atoms with van der Waals surface area (Å²) < 4.78 is -0.617. The normalized spacial score (nSPS) is 32.5. The van der Waals surface area contributed by atoms with Crippen LogP contribution >= 0.6 is 11.8 Å². The number of carbonyl (C=O) groups excluding carboxylic acids is 2. The molecule has 0 aromatic rings. The van der Waals surface area contributed by atoms with E-state index >= 15 is 0 Å². The first kappa shape index (κ1) is 17.3. The first-order chi connectivity index (χ1) is 10.2. The van der Waals surface area contributed by atoms with Crippen LogP contribution in [0.25, 0.3) is 0 Å². The SMILES string of the molecule is CCCCCNC1(C(C)=O)C(=O)N2[C@@H](C(=O)O)C(C)(C)S[C@@H]21. The number of β-lactam (4-membered cyclic amide) rings is 1. The van der Waals surface area contributed by atoms with E-state index in [4.69, 9.17) is 0 Å².